The second kappa shape index (κ2) is 3.61. The molecule has 1 heterocycles. The fourth-order valence-corrected chi connectivity index (χ4v) is 0.588. The van der Waals surface area contributed by atoms with Crippen molar-refractivity contribution in [1.82, 2.24) is 25.9 Å². The molecule has 0 bridgehead atoms. The molecule has 0 aliphatic heterocycles. The van der Waals surface area contributed by atoms with Crippen LogP contribution in [-0.4, -0.2) is 32.6 Å². The summed E-state index contributed by atoms with van der Waals surface area (Å²) in [5.74, 6) is -0.333. The Morgan fingerprint density at radius 1 is 1.83 bits per heavy atom. The standard InChI is InChI=1S/C6H9N5O/c1-3-4(2)7-6(12)5-8-10-11-9-5/h3-4H,1H2,2H3,(H,7,12)(H,8,9,10,11). The van der Waals surface area contributed by atoms with Crippen LogP contribution in [0.15, 0.2) is 12.7 Å². The van der Waals surface area contributed by atoms with Crippen molar-refractivity contribution in [3.63, 3.8) is 0 Å². The van der Waals surface area contributed by atoms with Crippen molar-refractivity contribution in [2.45, 2.75) is 13.0 Å². The highest BCUT2D eigenvalue weighted by Gasteiger charge is 2.11. The van der Waals surface area contributed by atoms with Gasteiger partial charge in [0.25, 0.3) is 11.7 Å². The predicted octanol–water partition coefficient (Wildman–Crippen LogP) is -0.496. The van der Waals surface area contributed by atoms with Crippen LogP contribution in [0.4, 0.5) is 0 Å². The lowest BCUT2D eigenvalue weighted by Crippen LogP contribution is -2.31. The molecule has 0 saturated heterocycles. The van der Waals surface area contributed by atoms with Gasteiger partial charge in [-0.1, -0.05) is 6.08 Å². The highest BCUT2D eigenvalue weighted by atomic mass is 16.2. The van der Waals surface area contributed by atoms with Crippen LogP contribution in [0, 0.1) is 0 Å². The van der Waals surface area contributed by atoms with Gasteiger partial charge in [0.2, 0.25) is 0 Å². The summed E-state index contributed by atoms with van der Waals surface area (Å²) >= 11 is 0. The summed E-state index contributed by atoms with van der Waals surface area (Å²) in [6.45, 7) is 5.31. The average Bonchev–Trinajstić information content (AvgIpc) is 2.56. The highest BCUT2D eigenvalue weighted by Crippen LogP contribution is 1.87. The number of hydrogen-bond acceptors (Lipinski definition) is 4. The molecule has 1 aromatic heterocycles. The van der Waals surface area contributed by atoms with E-state index in [1.54, 1.807) is 13.0 Å². The van der Waals surface area contributed by atoms with Crippen molar-refractivity contribution >= 4 is 5.91 Å². The van der Waals surface area contributed by atoms with Crippen molar-refractivity contribution < 1.29 is 4.79 Å². The molecular weight excluding hydrogens is 158 g/mol. The van der Waals surface area contributed by atoms with Gasteiger partial charge in [-0.05, 0) is 12.1 Å². The molecule has 0 aromatic carbocycles. The van der Waals surface area contributed by atoms with Crippen LogP contribution in [0.3, 0.4) is 0 Å². The molecule has 6 heteroatoms. The summed E-state index contributed by atoms with van der Waals surface area (Å²) in [4.78, 5) is 11.1. The van der Waals surface area contributed by atoms with Gasteiger partial charge in [-0.3, -0.25) is 4.79 Å². The second-order valence-electron chi connectivity index (χ2n) is 2.23. The van der Waals surface area contributed by atoms with Crippen LogP contribution in [0.25, 0.3) is 0 Å². The third-order valence-electron chi connectivity index (χ3n) is 1.26. The minimum atomic E-state index is -0.365. The highest BCUT2D eigenvalue weighted by molar-refractivity contribution is 5.90. The molecule has 0 aliphatic carbocycles. The van der Waals surface area contributed by atoms with Gasteiger partial charge in [0, 0.05) is 6.04 Å². The van der Waals surface area contributed by atoms with Gasteiger partial charge < -0.3 is 5.32 Å². The molecule has 1 unspecified atom stereocenters. The first-order valence-electron chi connectivity index (χ1n) is 3.41. The first kappa shape index (κ1) is 8.38. The summed E-state index contributed by atoms with van der Waals surface area (Å²) in [5.41, 5.74) is 0. The minimum Gasteiger partial charge on any atom is -0.343 e. The number of amides is 1. The van der Waals surface area contributed by atoms with E-state index in [2.05, 4.69) is 32.5 Å². The molecule has 1 atom stereocenters. The van der Waals surface area contributed by atoms with Crippen LogP contribution in [0.5, 0.6) is 0 Å². The lowest BCUT2D eigenvalue weighted by Gasteiger charge is -2.05. The van der Waals surface area contributed by atoms with Crippen LogP contribution in [0.1, 0.15) is 17.5 Å². The smallest absolute Gasteiger partial charge is 0.293 e. The van der Waals surface area contributed by atoms with E-state index in [0.717, 1.165) is 0 Å². The SMILES string of the molecule is C=CC(C)NC(=O)c1nn[nH]n1. The number of hydrogen-bond donors (Lipinski definition) is 2. The number of carbonyl (C=O) groups excluding carboxylic acids is 1. The number of tetrazole rings is 1. The van der Waals surface area contributed by atoms with E-state index in [4.69, 9.17) is 0 Å². The van der Waals surface area contributed by atoms with Crippen LogP contribution >= 0.6 is 0 Å². The lowest BCUT2D eigenvalue weighted by molar-refractivity contribution is 0.0936. The Hall–Kier alpha value is -1.72. The number of aromatic nitrogens is 4. The number of nitrogens with zero attached hydrogens (tertiary/aromatic N) is 3. The number of aromatic amines is 1. The summed E-state index contributed by atoms with van der Waals surface area (Å²) in [5, 5.41) is 15.0. The van der Waals surface area contributed by atoms with Crippen molar-refractivity contribution in [3.8, 4) is 0 Å². The van der Waals surface area contributed by atoms with E-state index in [1.165, 1.54) is 0 Å². The number of carbonyl (C=O) groups is 1. The summed E-state index contributed by atoms with van der Waals surface area (Å²) < 4.78 is 0. The zero-order chi connectivity index (χ0) is 8.97. The molecular formula is C6H9N5O. The third-order valence-corrected chi connectivity index (χ3v) is 1.26. The normalized spacial score (nSPS) is 12.1. The lowest BCUT2D eigenvalue weighted by atomic mass is 10.3. The Kier molecular flexibility index (Phi) is 2.52. The molecule has 0 aliphatic rings. The Labute approximate surface area is 69.1 Å². The summed E-state index contributed by atoms with van der Waals surface area (Å²) in [6, 6.07) is -0.101. The predicted molar refractivity (Wildman–Crippen MR) is 41.3 cm³/mol. The van der Waals surface area contributed by atoms with Crippen LogP contribution < -0.4 is 5.32 Å². The van der Waals surface area contributed by atoms with E-state index < -0.39 is 0 Å². The first-order valence-corrected chi connectivity index (χ1v) is 3.41. The average molecular weight is 167 g/mol. The monoisotopic (exact) mass is 167 g/mol. The van der Waals surface area contributed by atoms with Crippen LogP contribution in [-0.2, 0) is 0 Å². The van der Waals surface area contributed by atoms with E-state index in [-0.39, 0.29) is 17.8 Å². The van der Waals surface area contributed by atoms with Gasteiger partial charge in [0.1, 0.15) is 0 Å². The van der Waals surface area contributed by atoms with E-state index in [9.17, 15) is 4.79 Å². The quantitative estimate of drug-likeness (QED) is 0.594. The molecule has 12 heavy (non-hydrogen) atoms. The Bertz CT molecular complexity index is 267. The number of nitrogens with one attached hydrogen (secondary N) is 2. The molecule has 0 spiro atoms. The third kappa shape index (κ3) is 1.88. The minimum absolute atomic E-state index is 0.0312. The van der Waals surface area contributed by atoms with Crippen LogP contribution in [0.2, 0.25) is 0 Å². The van der Waals surface area contributed by atoms with Crippen molar-refractivity contribution in [2.75, 3.05) is 0 Å². The van der Waals surface area contributed by atoms with Gasteiger partial charge in [0.05, 0.1) is 0 Å². The molecule has 0 radical (unpaired) electrons. The molecule has 1 rings (SSSR count). The Balaban J connectivity index is 2.55. The Morgan fingerprint density at radius 2 is 2.58 bits per heavy atom. The molecule has 1 aromatic rings. The zero-order valence-corrected chi connectivity index (χ0v) is 6.61. The number of rotatable bonds is 3. The van der Waals surface area contributed by atoms with Crippen molar-refractivity contribution in [3.05, 3.63) is 18.5 Å². The summed E-state index contributed by atoms with van der Waals surface area (Å²) in [7, 11) is 0. The molecule has 2 N–H and O–H groups in total. The van der Waals surface area contributed by atoms with Gasteiger partial charge in [0.15, 0.2) is 0 Å². The summed E-state index contributed by atoms with van der Waals surface area (Å²) in [6.07, 6.45) is 1.61. The van der Waals surface area contributed by atoms with Gasteiger partial charge in [-0.15, -0.1) is 16.8 Å². The van der Waals surface area contributed by atoms with Crippen molar-refractivity contribution in [1.29, 1.82) is 0 Å². The maximum absolute atomic E-state index is 11.1. The second-order valence-corrected chi connectivity index (χ2v) is 2.23. The fourth-order valence-electron chi connectivity index (χ4n) is 0.588. The molecule has 0 saturated carbocycles. The largest absolute Gasteiger partial charge is 0.343 e. The van der Waals surface area contributed by atoms with E-state index in [0.29, 0.717) is 0 Å². The molecule has 64 valence electrons. The van der Waals surface area contributed by atoms with Crippen molar-refractivity contribution in [2.24, 2.45) is 0 Å². The van der Waals surface area contributed by atoms with E-state index in [1.807, 2.05) is 0 Å². The van der Waals surface area contributed by atoms with E-state index >= 15 is 0 Å². The fraction of sp³-hybridized carbons (Fsp3) is 0.333. The Morgan fingerprint density at radius 3 is 3.08 bits per heavy atom. The first-order chi connectivity index (χ1) is 5.74. The van der Waals surface area contributed by atoms with Gasteiger partial charge in [-0.25, -0.2) is 0 Å². The van der Waals surface area contributed by atoms with Gasteiger partial charge >= 0.3 is 0 Å². The maximum atomic E-state index is 11.1. The zero-order valence-electron chi connectivity index (χ0n) is 6.61. The molecule has 6 nitrogen and oxygen atoms in total. The number of H-pyrrole nitrogens is 1. The maximum Gasteiger partial charge on any atom is 0.293 e. The van der Waals surface area contributed by atoms with Gasteiger partial charge in [-0.2, -0.15) is 5.21 Å². The molecule has 0 fully saturated rings. The topological polar surface area (TPSA) is 83.6 Å². The molecule has 1 amide bonds.